The average molecular weight is 496 g/mol. The summed E-state index contributed by atoms with van der Waals surface area (Å²) in [7, 11) is 1.59. The molecule has 4 rings (SSSR count). The minimum Gasteiger partial charge on any atom is -0.496 e. The normalized spacial score (nSPS) is 12.1. The molecule has 0 unspecified atom stereocenters. The molecule has 0 atom stereocenters. The lowest BCUT2D eigenvalue weighted by Crippen LogP contribution is -2.31. The van der Waals surface area contributed by atoms with E-state index >= 15 is 0 Å². The van der Waals surface area contributed by atoms with Crippen LogP contribution >= 0.6 is 15.9 Å². The molecule has 32 heavy (non-hydrogen) atoms. The smallest absolute Gasteiger partial charge is 0.243 e. The molecule has 1 aliphatic heterocycles. The molecule has 2 aromatic carbocycles. The fraction of sp³-hybridized carbons (Fsp3) is 0.208. The largest absolute Gasteiger partial charge is 0.496 e. The summed E-state index contributed by atoms with van der Waals surface area (Å²) in [5, 5.41) is 2.86. The monoisotopic (exact) mass is 495 g/mol. The molecule has 3 aromatic rings. The Bertz CT molecular complexity index is 1150. The van der Waals surface area contributed by atoms with Crippen LogP contribution in [0.15, 0.2) is 65.3 Å². The molecular formula is C24H22BrN3O4. The zero-order chi connectivity index (χ0) is 22.5. The Balaban J connectivity index is 1.41. The summed E-state index contributed by atoms with van der Waals surface area (Å²) in [6, 6.07) is 16.7. The Morgan fingerprint density at radius 2 is 2.00 bits per heavy atom. The Morgan fingerprint density at radius 3 is 2.84 bits per heavy atom. The van der Waals surface area contributed by atoms with E-state index in [1.165, 1.54) is 0 Å². The van der Waals surface area contributed by atoms with Crippen molar-refractivity contribution in [3.63, 3.8) is 0 Å². The van der Waals surface area contributed by atoms with Crippen LogP contribution in [0.3, 0.4) is 0 Å². The number of amides is 2. The number of rotatable bonds is 6. The number of benzene rings is 2. The lowest BCUT2D eigenvalue weighted by molar-refractivity contribution is -0.125. The number of ether oxygens (including phenoxy) is 2. The first-order chi connectivity index (χ1) is 15.5. The van der Waals surface area contributed by atoms with Gasteiger partial charge >= 0.3 is 0 Å². The average Bonchev–Trinajstić information content (AvgIpc) is 2.98. The Morgan fingerprint density at radius 1 is 1.16 bits per heavy atom. The number of para-hydroxylation sites is 1. The number of hydrogen-bond acceptors (Lipinski definition) is 5. The second-order valence-corrected chi connectivity index (χ2v) is 8.17. The van der Waals surface area contributed by atoms with Crippen molar-refractivity contribution in [1.29, 1.82) is 0 Å². The molecular weight excluding hydrogens is 474 g/mol. The Labute approximate surface area is 194 Å². The maximum atomic E-state index is 13.1. The highest BCUT2D eigenvalue weighted by Crippen LogP contribution is 2.37. The zero-order valence-electron chi connectivity index (χ0n) is 17.5. The van der Waals surface area contributed by atoms with Gasteiger partial charge in [0.05, 0.1) is 13.7 Å². The van der Waals surface area contributed by atoms with Crippen LogP contribution < -0.4 is 19.7 Å². The summed E-state index contributed by atoms with van der Waals surface area (Å²) in [6.07, 6.45) is 1.76. The summed E-state index contributed by atoms with van der Waals surface area (Å²) in [6.45, 7) is 0.665. The molecule has 164 valence electrons. The Kier molecular flexibility index (Phi) is 6.70. The van der Waals surface area contributed by atoms with Crippen LogP contribution in [0, 0.1) is 0 Å². The van der Waals surface area contributed by atoms with E-state index in [0.717, 1.165) is 15.6 Å². The molecule has 1 aliphatic rings. The minimum absolute atomic E-state index is 0.0674. The third kappa shape index (κ3) is 4.91. The number of nitrogens with zero attached hydrogens (tertiary/aromatic N) is 2. The fourth-order valence-electron chi connectivity index (χ4n) is 3.51. The van der Waals surface area contributed by atoms with Gasteiger partial charge in [-0.25, -0.2) is 4.98 Å². The summed E-state index contributed by atoms with van der Waals surface area (Å²) in [4.78, 5) is 31.4. The van der Waals surface area contributed by atoms with Crippen molar-refractivity contribution < 1.29 is 19.1 Å². The number of methoxy groups -OCH3 is 1. The molecule has 1 aromatic heterocycles. The van der Waals surface area contributed by atoms with E-state index in [0.29, 0.717) is 36.2 Å². The van der Waals surface area contributed by atoms with Gasteiger partial charge in [0, 0.05) is 41.2 Å². The second-order valence-electron chi connectivity index (χ2n) is 7.25. The van der Waals surface area contributed by atoms with Gasteiger partial charge in [-0.2, -0.15) is 0 Å². The van der Waals surface area contributed by atoms with Crippen molar-refractivity contribution in [3.8, 4) is 17.4 Å². The van der Waals surface area contributed by atoms with Crippen molar-refractivity contribution in [3.05, 3.63) is 76.4 Å². The van der Waals surface area contributed by atoms with Gasteiger partial charge in [-0.05, 0) is 36.4 Å². The van der Waals surface area contributed by atoms with E-state index in [-0.39, 0.29) is 24.7 Å². The van der Waals surface area contributed by atoms with Crippen LogP contribution in [0.1, 0.15) is 24.0 Å². The van der Waals surface area contributed by atoms with Gasteiger partial charge < -0.3 is 19.7 Å². The Hall–Kier alpha value is -3.39. The predicted octanol–water partition coefficient (Wildman–Crippen LogP) is 4.59. The molecule has 0 saturated heterocycles. The van der Waals surface area contributed by atoms with Crippen LogP contribution in [-0.4, -0.2) is 23.9 Å². The molecule has 0 bridgehead atoms. The van der Waals surface area contributed by atoms with Gasteiger partial charge in [-0.15, -0.1) is 0 Å². The van der Waals surface area contributed by atoms with E-state index in [9.17, 15) is 9.59 Å². The summed E-state index contributed by atoms with van der Waals surface area (Å²) in [5.41, 5.74) is 2.32. The molecule has 1 N–H and O–H groups in total. The van der Waals surface area contributed by atoms with Crippen LogP contribution in [0.4, 0.5) is 5.69 Å². The van der Waals surface area contributed by atoms with Crippen LogP contribution in [0.25, 0.3) is 0 Å². The van der Waals surface area contributed by atoms with E-state index in [1.54, 1.807) is 30.3 Å². The number of aromatic nitrogens is 1. The third-order valence-corrected chi connectivity index (χ3v) is 5.63. The van der Waals surface area contributed by atoms with Gasteiger partial charge in [-0.1, -0.05) is 34.1 Å². The van der Waals surface area contributed by atoms with Crippen LogP contribution in [-0.2, 0) is 22.7 Å². The van der Waals surface area contributed by atoms with Crippen molar-refractivity contribution in [2.24, 2.45) is 0 Å². The zero-order valence-corrected chi connectivity index (χ0v) is 19.1. The SMILES string of the molecule is COc1ccc(Br)cc1CNC(=O)CCC(=O)N1Cc2ccccc2Oc2ncccc21. The quantitative estimate of drug-likeness (QED) is 0.540. The van der Waals surface area contributed by atoms with E-state index < -0.39 is 0 Å². The van der Waals surface area contributed by atoms with Gasteiger partial charge in [0.25, 0.3) is 0 Å². The number of fused-ring (bicyclic) bond motifs is 2. The lowest BCUT2D eigenvalue weighted by atomic mass is 10.1. The minimum atomic E-state index is -0.210. The standard InChI is InChI=1S/C24H22BrN3O4/c1-31-20-9-8-18(25)13-17(20)14-27-22(29)10-11-23(30)28-15-16-5-2-3-7-21(16)32-24-19(28)6-4-12-26-24/h2-9,12-13H,10-11,14-15H2,1H3,(H,27,29). The number of pyridine rings is 1. The lowest BCUT2D eigenvalue weighted by Gasteiger charge is -2.21. The predicted molar refractivity (Wildman–Crippen MR) is 124 cm³/mol. The van der Waals surface area contributed by atoms with E-state index in [2.05, 4.69) is 26.2 Å². The fourth-order valence-corrected chi connectivity index (χ4v) is 3.91. The first-order valence-corrected chi connectivity index (χ1v) is 10.9. The highest BCUT2D eigenvalue weighted by Gasteiger charge is 2.26. The molecule has 0 radical (unpaired) electrons. The number of halogens is 1. The van der Waals surface area contributed by atoms with Gasteiger partial charge in [-0.3, -0.25) is 9.59 Å². The number of carbonyl (C=O) groups is 2. The summed E-state index contributed by atoms with van der Waals surface area (Å²) >= 11 is 3.42. The topological polar surface area (TPSA) is 80.8 Å². The van der Waals surface area contributed by atoms with E-state index in [1.807, 2.05) is 42.5 Å². The third-order valence-electron chi connectivity index (χ3n) is 5.14. The van der Waals surface area contributed by atoms with Gasteiger partial charge in [0.2, 0.25) is 17.7 Å². The first kappa shape index (κ1) is 21.8. The van der Waals surface area contributed by atoms with Crippen LogP contribution in [0.2, 0.25) is 0 Å². The molecule has 7 nitrogen and oxygen atoms in total. The molecule has 0 spiro atoms. The summed E-state index contributed by atoms with van der Waals surface area (Å²) < 4.78 is 12.2. The molecule has 2 amide bonds. The van der Waals surface area contributed by atoms with Crippen LogP contribution in [0.5, 0.6) is 17.4 Å². The van der Waals surface area contributed by atoms with E-state index in [4.69, 9.17) is 9.47 Å². The maximum Gasteiger partial charge on any atom is 0.243 e. The van der Waals surface area contributed by atoms with Crippen molar-refractivity contribution in [2.45, 2.75) is 25.9 Å². The van der Waals surface area contributed by atoms with Gasteiger partial charge in [0.15, 0.2) is 0 Å². The number of anilines is 1. The number of hydrogen-bond donors (Lipinski definition) is 1. The maximum absolute atomic E-state index is 13.1. The molecule has 0 aliphatic carbocycles. The van der Waals surface area contributed by atoms with Gasteiger partial charge in [0.1, 0.15) is 17.2 Å². The second kappa shape index (κ2) is 9.82. The highest BCUT2D eigenvalue weighted by molar-refractivity contribution is 9.10. The first-order valence-electron chi connectivity index (χ1n) is 10.2. The van der Waals surface area contributed by atoms with Crippen molar-refractivity contribution in [1.82, 2.24) is 10.3 Å². The van der Waals surface area contributed by atoms with Crippen molar-refractivity contribution in [2.75, 3.05) is 12.0 Å². The molecule has 8 heteroatoms. The molecule has 2 heterocycles. The number of nitrogens with one attached hydrogen (secondary N) is 1. The number of carbonyl (C=O) groups excluding carboxylic acids is 2. The van der Waals surface area contributed by atoms with Crippen molar-refractivity contribution >= 4 is 33.4 Å². The molecule has 0 fully saturated rings. The molecule has 0 saturated carbocycles. The highest BCUT2D eigenvalue weighted by atomic mass is 79.9. The summed E-state index contributed by atoms with van der Waals surface area (Å²) in [5.74, 6) is 1.35.